The van der Waals surface area contributed by atoms with Crippen LogP contribution >= 0.6 is 0 Å². The first-order chi connectivity index (χ1) is 7.56. The summed E-state index contributed by atoms with van der Waals surface area (Å²) in [6.07, 6.45) is 0. The summed E-state index contributed by atoms with van der Waals surface area (Å²) in [4.78, 5) is 14.9. The number of nitrogens with two attached hydrogens (primary N) is 1. The number of nitrogen functional groups attached to an aromatic ring is 1. The van der Waals surface area contributed by atoms with Crippen LogP contribution in [-0.4, -0.2) is 36.0 Å². The smallest absolute Gasteiger partial charge is 0.320 e. The molecule has 0 unspecified atom stereocenters. The molecule has 0 saturated carbocycles. The van der Waals surface area contributed by atoms with Crippen LogP contribution in [0.1, 0.15) is 5.56 Å². The van der Waals surface area contributed by atoms with E-state index in [1.807, 2.05) is 0 Å². The zero-order valence-corrected chi connectivity index (χ0v) is 9.11. The van der Waals surface area contributed by atoms with Crippen LogP contribution in [0.15, 0.2) is 18.2 Å². The fraction of sp³-hybridized carbons (Fsp3) is 0.364. The molecule has 2 amide bonds. The number of anilines is 1. The summed E-state index contributed by atoms with van der Waals surface area (Å²) < 4.78 is 13.1. The lowest BCUT2D eigenvalue weighted by Gasteiger charge is -2.16. The van der Waals surface area contributed by atoms with Gasteiger partial charge >= 0.3 is 6.03 Å². The molecule has 0 bridgehead atoms. The number of likely N-dealkylation sites (N-methyl/N-ethyl adjacent to an activating group) is 1. The number of amides is 2. The third-order valence-corrected chi connectivity index (χ3v) is 2.66. The quantitative estimate of drug-likeness (QED) is 0.768. The Kier molecular flexibility index (Phi) is 2.68. The van der Waals surface area contributed by atoms with Crippen molar-refractivity contribution in [2.24, 2.45) is 0 Å². The number of hydrogen-bond acceptors (Lipinski definition) is 2. The minimum absolute atomic E-state index is 0.0252. The summed E-state index contributed by atoms with van der Waals surface area (Å²) in [7, 11) is 1.75. The Morgan fingerprint density at radius 3 is 2.69 bits per heavy atom. The fourth-order valence-electron chi connectivity index (χ4n) is 1.84. The maximum atomic E-state index is 13.1. The van der Waals surface area contributed by atoms with Gasteiger partial charge in [0.1, 0.15) is 5.82 Å². The predicted molar refractivity (Wildman–Crippen MR) is 59.2 cm³/mol. The van der Waals surface area contributed by atoms with Gasteiger partial charge in [-0.3, -0.25) is 0 Å². The van der Waals surface area contributed by atoms with Crippen molar-refractivity contribution in [2.45, 2.75) is 6.54 Å². The van der Waals surface area contributed by atoms with Gasteiger partial charge in [0.25, 0.3) is 0 Å². The molecule has 1 aliphatic heterocycles. The molecule has 1 heterocycles. The Hall–Kier alpha value is -1.78. The van der Waals surface area contributed by atoms with Gasteiger partial charge in [-0.25, -0.2) is 9.18 Å². The highest BCUT2D eigenvalue weighted by molar-refractivity contribution is 5.76. The normalized spacial score (nSPS) is 16.0. The van der Waals surface area contributed by atoms with Crippen molar-refractivity contribution in [3.63, 3.8) is 0 Å². The lowest BCUT2D eigenvalue weighted by Crippen LogP contribution is -2.28. The zero-order valence-electron chi connectivity index (χ0n) is 9.11. The topological polar surface area (TPSA) is 49.6 Å². The third-order valence-electron chi connectivity index (χ3n) is 2.66. The van der Waals surface area contributed by atoms with E-state index >= 15 is 0 Å². The van der Waals surface area contributed by atoms with Gasteiger partial charge in [0.05, 0.1) is 0 Å². The summed E-state index contributed by atoms with van der Waals surface area (Å²) in [5, 5.41) is 0. The number of urea groups is 1. The molecule has 2 N–H and O–H groups in total. The van der Waals surface area contributed by atoms with Crippen LogP contribution in [-0.2, 0) is 6.54 Å². The number of hydrogen-bond donors (Lipinski definition) is 1. The van der Waals surface area contributed by atoms with Gasteiger partial charge in [-0.05, 0) is 23.8 Å². The lowest BCUT2D eigenvalue weighted by molar-refractivity contribution is 0.197. The zero-order chi connectivity index (χ0) is 11.7. The molecule has 1 aliphatic rings. The number of carbonyl (C=O) groups excluding carboxylic acids is 1. The number of carbonyl (C=O) groups is 1. The molecule has 0 spiro atoms. The van der Waals surface area contributed by atoms with E-state index in [1.54, 1.807) is 22.9 Å². The highest BCUT2D eigenvalue weighted by Crippen LogP contribution is 2.15. The van der Waals surface area contributed by atoms with E-state index in [0.717, 1.165) is 5.56 Å². The Morgan fingerprint density at radius 1 is 1.38 bits per heavy atom. The Labute approximate surface area is 93.4 Å². The van der Waals surface area contributed by atoms with Gasteiger partial charge in [0.2, 0.25) is 0 Å². The molecule has 0 radical (unpaired) electrons. The van der Waals surface area contributed by atoms with Gasteiger partial charge < -0.3 is 15.5 Å². The maximum Gasteiger partial charge on any atom is 0.320 e. The molecule has 1 aromatic carbocycles. The first kappa shape index (κ1) is 10.7. The molecule has 0 aliphatic carbocycles. The average molecular weight is 223 g/mol. The predicted octanol–water partition coefficient (Wildman–Crippen LogP) is 1.28. The van der Waals surface area contributed by atoms with Crippen LogP contribution in [0, 0.1) is 5.82 Å². The van der Waals surface area contributed by atoms with Crippen molar-refractivity contribution in [3.05, 3.63) is 29.6 Å². The average Bonchev–Trinajstić information content (AvgIpc) is 2.48. The van der Waals surface area contributed by atoms with E-state index in [9.17, 15) is 9.18 Å². The van der Waals surface area contributed by atoms with Gasteiger partial charge in [0.15, 0.2) is 0 Å². The summed E-state index contributed by atoms with van der Waals surface area (Å²) >= 11 is 0. The maximum absolute atomic E-state index is 13.1. The lowest BCUT2D eigenvalue weighted by atomic mass is 10.2. The monoisotopic (exact) mass is 223 g/mol. The summed E-state index contributed by atoms with van der Waals surface area (Å²) in [5.74, 6) is -0.366. The van der Waals surface area contributed by atoms with E-state index in [1.165, 1.54) is 12.1 Å². The van der Waals surface area contributed by atoms with E-state index in [2.05, 4.69) is 0 Å². The third kappa shape index (κ3) is 2.08. The summed E-state index contributed by atoms with van der Waals surface area (Å²) in [5.41, 5.74) is 6.65. The summed E-state index contributed by atoms with van der Waals surface area (Å²) in [6, 6.07) is 4.33. The van der Waals surface area contributed by atoms with Crippen molar-refractivity contribution < 1.29 is 9.18 Å². The first-order valence-electron chi connectivity index (χ1n) is 5.11. The van der Waals surface area contributed by atoms with Crippen molar-refractivity contribution in [2.75, 3.05) is 25.9 Å². The molecule has 16 heavy (non-hydrogen) atoms. The van der Waals surface area contributed by atoms with Crippen LogP contribution in [0.3, 0.4) is 0 Å². The molecule has 0 aromatic heterocycles. The second-order valence-corrected chi connectivity index (χ2v) is 4.02. The van der Waals surface area contributed by atoms with E-state index in [-0.39, 0.29) is 11.8 Å². The number of halogens is 1. The largest absolute Gasteiger partial charge is 0.399 e. The molecule has 4 nitrogen and oxygen atoms in total. The Balaban J connectivity index is 2.12. The molecule has 0 atom stereocenters. The van der Waals surface area contributed by atoms with Crippen LogP contribution in [0.25, 0.3) is 0 Å². The van der Waals surface area contributed by atoms with E-state index < -0.39 is 0 Å². The van der Waals surface area contributed by atoms with Crippen molar-refractivity contribution in [3.8, 4) is 0 Å². The van der Waals surface area contributed by atoms with Crippen molar-refractivity contribution in [1.29, 1.82) is 0 Å². The van der Waals surface area contributed by atoms with Gasteiger partial charge in [0, 0.05) is 32.4 Å². The van der Waals surface area contributed by atoms with Gasteiger partial charge in [-0.1, -0.05) is 0 Å². The molecular weight excluding hydrogens is 209 g/mol. The number of benzene rings is 1. The molecule has 5 heteroatoms. The van der Waals surface area contributed by atoms with Crippen LogP contribution < -0.4 is 5.73 Å². The highest BCUT2D eigenvalue weighted by atomic mass is 19.1. The standard InChI is InChI=1S/C11H14FN3O/c1-14-2-3-15(11(14)16)7-8-4-9(12)6-10(13)5-8/h4-6H,2-3,7,13H2,1H3. The molecule has 1 aromatic rings. The molecule has 2 rings (SSSR count). The van der Waals surface area contributed by atoms with Crippen molar-refractivity contribution >= 4 is 11.7 Å². The second-order valence-electron chi connectivity index (χ2n) is 4.02. The second kappa shape index (κ2) is 4.00. The molecule has 86 valence electrons. The van der Waals surface area contributed by atoms with E-state index in [0.29, 0.717) is 25.3 Å². The van der Waals surface area contributed by atoms with Gasteiger partial charge in [-0.15, -0.1) is 0 Å². The van der Waals surface area contributed by atoms with Crippen LogP contribution in [0.2, 0.25) is 0 Å². The molecule has 1 fully saturated rings. The van der Waals surface area contributed by atoms with Crippen LogP contribution in [0.5, 0.6) is 0 Å². The molecular formula is C11H14FN3O. The first-order valence-corrected chi connectivity index (χ1v) is 5.11. The SMILES string of the molecule is CN1CCN(Cc2cc(N)cc(F)c2)C1=O. The van der Waals surface area contributed by atoms with Gasteiger partial charge in [-0.2, -0.15) is 0 Å². The Bertz CT molecular complexity index is 401. The van der Waals surface area contributed by atoms with Crippen LogP contribution in [0.4, 0.5) is 14.9 Å². The van der Waals surface area contributed by atoms with Crippen molar-refractivity contribution in [1.82, 2.24) is 9.80 Å². The minimum atomic E-state index is -0.366. The number of nitrogens with zero attached hydrogens (tertiary/aromatic N) is 2. The summed E-state index contributed by atoms with van der Waals surface area (Å²) in [6.45, 7) is 1.79. The minimum Gasteiger partial charge on any atom is -0.399 e. The van der Waals surface area contributed by atoms with E-state index in [4.69, 9.17) is 5.73 Å². The Morgan fingerprint density at radius 2 is 2.12 bits per heavy atom. The number of rotatable bonds is 2. The molecule has 1 saturated heterocycles. The fourth-order valence-corrected chi connectivity index (χ4v) is 1.84. The highest BCUT2D eigenvalue weighted by Gasteiger charge is 2.25.